The van der Waals surface area contributed by atoms with Gasteiger partial charge in [0.25, 0.3) is 0 Å². The molecule has 0 atom stereocenters. The average molecular weight is 260 g/mol. The normalized spacial score (nSPS) is 13.8. The Hall–Kier alpha value is -0.930. The Kier molecular flexibility index (Phi) is 4.44. The topological polar surface area (TPSA) is 36.4 Å². The molecule has 0 fully saturated rings. The molecule has 1 heterocycles. The van der Waals surface area contributed by atoms with Crippen molar-refractivity contribution in [1.29, 1.82) is 0 Å². The van der Waals surface area contributed by atoms with Crippen LogP contribution in [0.1, 0.15) is 11.1 Å². The second-order valence-electron chi connectivity index (χ2n) is 3.70. The minimum atomic E-state index is 0. The molecule has 0 saturated heterocycles. The second kappa shape index (κ2) is 5.41. The zero-order chi connectivity index (χ0) is 10.8. The van der Waals surface area contributed by atoms with E-state index in [1.807, 2.05) is 26.0 Å². The van der Waals surface area contributed by atoms with Crippen LogP contribution in [0.25, 0.3) is 0 Å². The highest BCUT2D eigenvalue weighted by molar-refractivity contribution is 6.30. The lowest BCUT2D eigenvalue weighted by atomic mass is 10.1. The van der Waals surface area contributed by atoms with Crippen molar-refractivity contribution in [3.8, 4) is 0 Å². The van der Waals surface area contributed by atoms with Crippen molar-refractivity contribution in [2.24, 2.45) is 4.99 Å². The molecule has 1 aliphatic heterocycles. The van der Waals surface area contributed by atoms with Crippen molar-refractivity contribution in [3.05, 3.63) is 28.3 Å². The Bertz CT molecular complexity index is 393. The van der Waals surface area contributed by atoms with Crippen LogP contribution in [0.15, 0.2) is 17.1 Å². The molecule has 0 unspecified atom stereocenters. The zero-order valence-electron chi connectivity index (χ0n) is 9.30. The van der Waals surface area contributed by atoms with Crippen molar-refractivity contribution >= 4 is 35.7 Å². The molecule has 0 bridgehead atoms. The smallest absolute Gasteiger partial charge is 0.195 e. The summed E-state index contributed by atoms with van der Waals surface area (Å²) in [5.41, 5.74) is 3.36. The van der Waals surface area contributed by atoms with Crippen molar-refractivity contribution in [2.75, 3.05) is 18.4 Å². The van der Waals surface area contributed by atoms with Gasteiger partial charge in [0.05, 0.1) is 6.54 Å². The predicted molar refractivity (Wildman–Crippen MR) is 72.1 cm³/mol. The number of rotatable bonds is 1. The van der Waals surface area contributed by atoms with Gasteiger partial charge in [-0.3, -0.25) is 4.99 Å². The van der Waals surface area contributed by atoms with Crippen LogP contribution in [0.5, 0.6) is 0 Å². The summed E-state index contributed by atoms with van der Waals surface area (Å²) in [6.07, 6.45) is 0. The quantitative estimate of drug-likeness (QED) is 0.814. The van der Waals surface area contributed by atoms with E-state index in [9.17, 15) is 0 Å². The highest BCUT2D eigenvalue weighted by atomic mass is 35.5. The summed E-state index contributed by atoms with van der Waals surface area (Å²) < 4.78 is 0. The molecular weight excluding hydrogens is 245 g/mol. The Morgan fingerprint density at radius 3 is 2.44 bits per heavy atom. The van der Waals surface area contributed by atoms with E-state index < -0.39 is 0 Å². The van der Waals surface area contributed by atoms with Gasteiger partial charge in [-0.05, 0) is 37.1 Å². The Morgan fingerprint density at radius 1 is 1.31 bits per heavy atom. The van der Waals surface area contributed by atoms with Crippen LogP contribution >= 0.6 is 24.0 Å². The summed E-state index contributed by atoms with van der Waals surface area (Å²) in [7, 11) is 0. The van der Waals surface area contributed by atoms with Gasteiger partial charge in [0.2, 0.25) is 0 Å². The van der Waals surface area contributed by atoms with Gasteiger partial charge in [0, 0.05) is 17.3 Å². The number of aryl methyl sites for hydroxylation is 2. The summed E-state index contributed by atoms with van der Waals surface area (Å²) in [5, 5.41) is 7.24. The van der Waals surface area contributed by atoms with Crippen molar-refractivity contribution in [1.82, 2.24) is 5.32 Å². The van der Waals surface area contributed by atoms with Gasteiger partial charge in [0.1, 0.15) is 0 Å². The molecule has 3 nitrogen and oxygen atoms in total. The third-order valence-corrected chi connectivity index (χ3v) is 2.63. The lowest BCUT2D eigenvalue weighted by Gasteiger charge is -2.13. The molecule has 0 aliphatic carbocycles. The van der Waals surface area contributed by atoms with E-state index >= 15 is 0 Å². The number of hydrogen-bond donors (Lipinski definition) is 2. The van der Waals surface area contributed by atoms with Crippen LogP contribution in [0.3, 0.4) is 0 Å². The zero-order valence-corrected chi connectivity index (χ0v) is 10.9. The van der Waals surface area contributed by atoms with E-state index in [1.54, 1.807) is 0 Å². The minimum absolute atomic E-state index is 0. The fraction of sp³-hybridized carbons (Fsp3) is 0.364. The highest BCUT2D eigenvalue weighted by Gasteiger charge is 2.09. The Balaban J connectivity index is 0.00000128. The molecule has 5 heteroatoms. The molecule has 0 radical (unpaired) electrons. The third kappa shape index (κ3) is 2.80. The first kappa shape index (κ1) is 13.1. The molecule has 88 valence electrons. The van der Waals surface area contributed by atoms with E-state index in [1.165, 1.54) is 0 Å². The molecule has 1 aromatic carbocycles. The van der Waals surface area contributed by atoms with E-state index in [0.717, 1.165) is 40.9 Å². The molecule has 0 spiro atoms. The molecule has 2 N–H and O–H groups in total. The second-order valence-corrected chi connectivity index (χ2v) is 4.13. The van der Waals surface area contributed by atoms with Crippen LogP contribution in [0, 0.1) is 13.8 Å². The Morgan fingerprint density at radius 2 is 1.94 bits per heavy atom. The number of halogens is 2. The van der Waals surface area contributed by atoms with Gasteiger partial charge in [-0.25, -0.2) is 0 Å². The largest absolute Gasteiger partial charge is 0.354 e. The molecule has 0 aromatic heterocycles. The first-order valence-electron chi connectivity index (χ1n) is 4.99. The minimum Gasteiger partial charge on any atom is -0.354 e. The summed E-state index contributed by atoms with van der Waals surface area (Å²) >= 11 is 5.97. The van der Waals surface area contributed by atoms with E-state index in [-0.39, 0.29) is 12.4 Å². The summed E-state index contributed by atoms with van der Waals surface area (Å²) in [6, 6.07) is 3.90. The van der Waals surface area contributed by atoms with Gasteiger partial charge < -0.3 is 10.6 Å². The standard InChI is InChI=1S/C11H14ClN3.ClH/c1-7-5-9(12)6-8(2)10(7)15-11-13-3-4-14-11;/h5-6H,3-4H2,1-2H3,(H2,13,14,15);1H. The van der Waals surface area contributed by atoms with Crippen LogP contribution in [0.4, 0.5) is 5.69 Å². The first-order valence-corrected chi connectivity index (χ1v) is 5.37. The maximum atomic E-state index is 5.97. The Labute approximate surface area is 107 Å². The van der Waals surface area contributed by atoms with Gasteiger partial charge in [-0.15, -0.1) is 12.4 Å². The van der Waals surface area contributed by atoms with Gasteiger partial charge in [-0.1, -0.05) is 11.6 Å². The molecule has 1 aliphatic rings. The molecule has 2 rings (SSSR count). The number of nitrogens with zero attached hydrogens (tertiary/aromatic N) is 1. The number of benzene rings is 1. The summed E-state index contributed by atoms with van der Waals surface area (Å²) in [5.74, 6) is 0.850. The number of anilines is 1. The highest BCUT2D eigenvalue weighted by Crippen LogP contribution is 2.24. The van der Waals surface area contributed by atoms with Crippen molar-refractivity contribution < 1.29 is 0 Å². The van der Waals surface area contributed by atoms with Crippen molar-refractivity contribution in [3.63, 3.8) is 0 Å². The SMILES string of the molecule is Cc1cc(Cl)cc(C)c1NC1=NCCN1.Cl. The molecule has 0 saturated carbocycles. The lowest BCUT2D eigenvalue weighted by molar-refractivity contribution is 0.959. The maximum absolute atomic E-state index is 5.97. The summed E-state index contributed by atoms with van der Waals surface area (Å²) in [6.45, 7) is 5.83. The fourth-order valence-corrected chi connectivity index (χ4v) is 2.04. The number of nitrogens with one attached hydrogen (secondary N) is 2. The van der Waals surface area contributed by atoms with Crippen LogP contribution in [0.2, 0.25) is 5.02 Å². The monoisotopic (exact) mass is 259 g/mol. The number of aliphatic imine (C=N–C) groups is 1. The molecule has 0 amide bonds. The van der Waals surface area contributed by atoms with Gasteiger partial charge in [0.15, 0.2) is 5.96 Å². The van der Waals surface area contributed by atoms with Crippen LogP contribution < -0.4 is 10.6 Å². The lowest BCUT2D eigenvalue weighted by Crippen LogP contribution is -2.26. The molecule has 16 heavy (non-hydrogen) atoms. The number of guanidine groups is 1. The molecular formula is C11H15Cl2N3. The van der Waals surface area contributed by atoms with Gasteiger partial charge in [-0.2, -0.15) is 0 Å². The third-order valence-electron chi connectivity index (χ3n) is 2.42. The molecule has 1 aromatic rings. The summed E-state index contributed by atoms with van der Waals surface area (Å²) in [4.78, 5) is 4.30. The van der Waals surface area contributed by atoms with Crippen LogP contribution in [-0.4, -0.2) is 19.0 Å². The van der Waals surface area contributed by atoms with Gasteiger partial charge >= 0.3 is 0 Å². The number of hydrogen-bond acceptors (Lipinski definition) is 3. The fourth-order valence-electron chi connectivity index (χ4n) is 1.71. The van der Waals surface area contributed by atoms with E-state index in [0.29, 0.717) is 0 Å². The maximum Gasteiger partial charge on any atom is 0.195 e. The average Bonchev–Trinajstić information content (AvgIpc) is 2.63. The van der Waals surface area contributed by atoms with E-state index in [4.69, 9.17) is 11.6 Å². The predicted octanol–water partition coefficient (Wildman–Crippen LogP) is 2.75. The van der Waals surface area contributed by atoms with Crippen molar-refractivity contribution in [2.45, 2.75) is 13.8 Å². The van der Waals surface area contributed by atoms with Crippen LogP contribution in [-0.2, 0) is 0 Å². The van der Waals surface area contributed by atoms with E-state index in [2.05, 4.69) is 15.6 Å². The first-order chi connectivity index (χ1) is 7.16.